The fourth-order valence-electron chi connectivity index (χ4n) is 0.419. The largest absolute Gasteiger partial charge is 0.375 e. The smallest absolute Gasteiger partial charge is 0.196 e. The van der Waals surface area contributed by atoms with Crippen molar-refractivity contribution in [2.24, 2.45) is 0 Å². The van der Waals surface area contributed by atoms with Crippen LogP contribution in [0.3, 0.4) is 0 Å². The lowest BCUT2D eigenvalue weighted by Gasteiger charge is -1.93. The topological polar surface area (TPSA) is 79.4 Å². The summed E-state index contributed by atoms with van der Waals surface area (Å²) in [5.74, 6) is 0. The molecule has 0 fully saturated rings. The van der Waals surface area contributed by atoms with Crippen LogP contribution >= 0.6 is 11.3 Å². The van der Waals surface area contributed by atoms with Crippen molar-refractivity contribution >= 4 is 16.5 Å². The highest BCUT2D eigenvalue weighted by Crippen LogP contribution is 2.15. The van der Waals surface area contributed by atoms with Crippen molar-refractivity contribution in [3.63, 3.8) is 0 Å². The Morgan fingerprint density at radius 1 is 1.67 bits per heavy atom. The summed E-state index contributed by atoms with van der Waals surface area (Å²) in [7, 11) is 0. The predicted molar refractivity (Wildman–Crippen MR) is 33.7 cm³/mol. The van der Waals surface area contributed by atoms with Crippen molar-refractivity contribution in [1.29, 1.82) is 0 Å². The number of nitrogen functional groups attached to an aromatic ring is 1. The summed E-state index contributed by atoms with van der Waals surface area (Å²) < 4.78 is 0. The summed E-state index contributed by atoms with van der Waals surface area (Å²) in [4.78, 5) is 3.61. The van der Waals surface area contributed by atoms with E-state index < -0.39 is 6.29 Å². The van der Waals surface area contributed by atoms with Crippen LogP contribution in [0.15, 0.2) is 5.38 Å². The van der Waals surface area contributed by atoms with E-state index in [1.165, 1.54) is 16.7 Å². The van der Waals surface area contributed by atoms with Gasteiger partial charge in [0, 0.05) is 5.38 Å². The van der Waals surface area contributed by atoms with Gasteiger partial charge < -0.3 is 15.9 Å². The van der Waals surface area contributed by atoms with Gasteiger partial charge in [-0.05, 0) is 0 Å². The second-order valence-electron chi connectivity index (χ2n) is 1.48. The molecule has 1 aromatic rings. The Morgan fingerprint density at radius 3 is 2.56 bits per heavy atom. The van der Waals surface area contributed by atoms with Gasteiger partial charge in [-0.2, -0.15) is 0 Å². The fraction of sp³-hybridized carbons (Fsp3) is 0.250. The molecule has 0 bridgehead atoms. The molecule has 4 nitrogen and oxygen atoms in total. The summed E-state index contributed by atoms with van der Waals surface area (Å²) in [6, 6.07) is 0. The van der Waals surface area contributed by atoms with Gasteiger partial charge in [0.25, 0.3) is 0 Å². The second-order valence-corrected chi connectivity index (χ2v) is 2.37. The molecule has 0 saturated carbocycles. The first-order chi connectivity index (χ1) is 4.20. The summed E-state index contributed by atoms with van der Waals surface area (Å²) in [6.07, 6.45) is -1.50. The molecule has 1 heterocycles. The number of anilines is 1. The van der Waals surface area contributed by atoms with Gasteiger partial charge in [0.15, 0.2) is 11.4 Å². The number of thiazole rings is 1. The van der Waals surface area contributed by atoms with E-state index >= 15 is 0 Å². The Balaban J connectivity index is 2.85. The maximum absolute atomic E-state index is 8.48. The van der Waals surface area contributed by atoms with Crippen LogP contribution < -0.4 is 5.73 Å². The molecule has 0 aliphatic heterocycles. The van der Waals surface area contributed by atoms with E-state index in [-0.39, 0.29) is 5.69 Å². The van der Waals surface area contributed by atoms with Crippen molar-refractivity contribution in [2.45, 2.75) is 6.29 Å². The summed E-state index contributed by atoms with van der Waals surface area (Å²) in [5, 5.41) is 18.8. The van der Waals surface area contributed by atoms with E-state index in [0.29, 0.717) is 5.13 Å². The van der Waals surface area contributed by atoms with Gasteiger partial charge in [-0.25, -0.2) is 4.98 Å². The van der Waals surface area contributed by atoms with Crippen molar-refractivity contribution in [2.75, 3.05) is 5.73 Å². The van der Waals surface area contributed by atoms with Crippen LogP contribution in [-0.2, 0) is 0 Å². The zero-order chi connectivity index (χ0) is 6.85. The molecule has 0 unspecified atom stereocenters. The third-order valence-corrected chi connectivity index (χ3v) is 1.50. The number of rotatable bonds is 1. The molecule has 5 heteroatoms. The summed E-state index contributed by atoms with van der Waals surface area (Å²) in [6.45, 7) is 0. The fourth-order valence-corrected chi connectivity index (χ4v) is 0.993. The number of hydrogen-bond acceptors (Lipinski definition) is 5. The van der Waals surface area contributed by atoms with Gasteiger partial charge in [0.1, 0.15) is 5.69 Å². The first-order valence-corrected chi connectivity index (χ1v) is 3.15. The summed E-state index contributed by atoms with van der Waals surface area (Å²) in [5.41, 5.74) is 5.41. The minimum atomic E-state index is -1.50. The first kappa shape index (κ1) is 6.47. The van der Waals surface area contributed by atoms with E-state index in [1.54, 1.807) is 0 Å². The molecule has 9 heavy (non-hydrogen) atoms. The van der Waals surface area contributed by atoms with E-state index in [1.807, 2.05) is 0 Å². The molecule has 0 radical (unpaired) electrons. The highest BCUT2D eigenvalue weighted by Gasteiger charge is 2.04. The Hall–Kier alpha value is -0.650. The van der Waals surface area contributed by atoms with Crippen LogP contribution in [-0.4, -0.2) is 15.2 Å². The highest BCUT2D eigenvalue weighted by atomic mass is 32.1. The number of aliphatic hydroxyl groups is 2. The van der Waals surface area contributed by atoms with Crippen molar-refractivity contribution in [3.8, 4) is 0 Å². The van der Waals surface area contributed by atoms with E-state index in [4.69, 9.17) is 15.9 Å². The lowest BCUT2D eigenvalue weighted by atomic mass is 10.5. The predicted octanol–water partition coefficient (Wildman–Crippen LogP) is -0.291. The van der Waals surface area contributed by atoms with Gasteiger partial charge in [0.2, 0.25) is 0 Å². The van der Waals surface area contributed by atoms with Gasteiger partial charge in [-0.15, -0.1) is 11.3 Å². The number of nitrogens with two attached hydrogens (primary N) is 1. The Labute approximate surface area is 55.6 Å². The molecule has 0 aliphatic carbocycles. The number of hydrogen-bond donors (Lipinski definition) is 3. The average Bonchev–Trinajstić information content (AvgIpc) is 2.14. The number of aromatic nitrogens is 1. The maximum Gasteiger partial charge on any atom is 0.196 e. The molecule has 0 saturated heterocycles. The van der Waals surface area contributed by atoms with Crippen LogP contribution in [0.25, 0.3) is 0 Å². The zero-order valence-corrected chi connectivity index (χ0v) is 5.30. The third kappa shape index (κ3) is 1.38. The Kier molecular flexibility index (Phi) is 1.65. The van der Waals surface area contributed by atoms with Crippen LogP contribution in [0.5, 0.6) is 0 Å². The second kappa shape index (κ2) is 2.30. The quantitative estimate of drug-likeness (QED) is 0.475. The van der Waals surface area contributed by atoms with Crippen LogP contribution in [0.2, 0.25) is 0 Å². The number of nitrogens with zero attached hydrogens (tertiary/aromatic N) is 1. The van der Waals surface area contributed by atoms with Gasteiger partial charge in [-0.3, -0.25) is 0 Å². The van der Waals surface area contributed by atoms with Crippen LogP contribution in [0.4, 0.5) is 5.13 Å². The minimum Gasteiger partial charge on any atom is -0.375 e. The first-order valence-electron chi connectivity index (χ1n) is 2.27. The third-order valence-electron chi connectivity index (χ3n) is 0.804. The average molecular weight is 146 g/mol. The monoisotopic (exact) mass is 146 g/mol. The normalized spacial score (nSPS) is 10.6. The molecule has 0 amide bonds. The van der Waals surface area contributed by atoms with Gasteiger partial charge in [0.05, 0.1) is 0 Å². The van der Waals surface area contributed by atoms with E-state index in [2.05, 4.69) is 4.98 Å². The molecule has 0 atom stereocenters. The molecule has 1 rings (SSSR count). The molecule has 0 aromatic carbocycles. The Morgan fingerprint density at radius 2 is 2.33 bits per heavy atom. The molecule has 50 valence electrons. The van der Waals surface area contributed by atoms with E-state index in [0.717, 1.165) is 0 Å². The van der Waals surface area contributed by atoms with Gasteiger partial charge in [-0.1, -0.05) is 0 Å². The Bertz CT molecular complexity index is 198. The van der Waals surface area contributed by atoms with Crippen molar-refractivity contribution in [1.82, 2.24) is 4.98 Å². The van der Waals surface area contributed by atoms with Crippen LogP contribution in [0.1, 0.15) is 12.0 Å². The minimum absolute atomic E-state index is 0.206. The lowest BCUT2D eigenvalue weighted by molar-refractivity contribution is -0.0453. The highest BCUT2D eigenvalue weighted by molar-refractivity contribution is 7.13. The molecule has 0 aliphatic rings. The SMILES string of the molecule is Nc1nc(C(O)O)cs1. The van der Waals surface area contributed by atoms with Crippen LogP contribution in [0, 0.1) is 0 Å². The molecular formula is C4H6N2O2S. The summed E-state index contributed by atoms with van der Waals surface area (Å²) >= 11 is 1.18. The molecule has 4 N–H and O–H groups in total. The molecular weight excluding hydrogens is 140 g/mol. The number of aliphatic hydroxyl groups excluding tert-OH is 1. The lowest BCUT2D eigenvalue weighted by Crippen LogP contribution is -1.94. The van der Waals surface area contributed by atoms with Crippen molar-refractivity contribution in [3.05, 3.63) is 11.1 Å². The maximum atomic E-state index is 8.48. The molecule has 0 spiro atoms. The van der Waals surface area contributed by atoms with E-state index in [9.17, 15) is 0 Å². The molecule has 1 aromatic heterocycles. The van der Waals surface area contributed by atoms with Gasteiger partial charge >= 0.3 is 0 Å². The zero-order valence-electron chi connectivity index (χ0n) is 4.48. The van der Waals surface area contributed by atoms with Crippen molar-refractivity contribution < 1.29 is 10.2 Å². The standard InChI is InChI=1S/C4H6N2O2S/c5-4-6-2(1-9-4)3(7)8/h1,3,7-8H,(H2,5,6).